The van der Waals surface area contributed by atoms with Gasteiger partial charge in [0.15, 0.2) is 11.4 Å². The smallest absolute Gasteiger partial charge is 0.161 e. The number of benzene rings is 7. The molecule has 0 unspecified atom stereocenters. The molecule has 7 aromatic carbocycles. The Hall–Kier alpha value is -6.52. The standard InChI is InChI=1S/C44H27N3O/c1-3-14-28(15-4-1)36-27-37(29-16-5-2-6-17-29)46-44(45-36)35-26-41-42(33-21-8-7-18-30(33)35)34-22-13-25-40(43(34)48-41)47-38-23-11-9-19-31(38)32-20-10-12-24-39(32)47/h1-27H. The van der Waals surface area contributed by atoms with E-state index >= 15 is 0 Å². The lowest BCUT2D eigenvalue weighted by Crippen LogP contribution is -1.96. The first-order valence-electron chi connectivity index (χ1n) is 16.2. The van der Waals surface area contributed by atoms with E-state index in [0.29, 0.717) is 5.82 Å². The maximum Gasteiger partial charge on any atom is 0.161 e. The quantitative estimate of drug-likeness (QED) is 0.198. The van der Waals surface area contributed by atoms with Crippen molar-refractivity contribution in [2.45, 2.75) is 0 Å². The van der Waals surface area contributed by atoms with E-state index in [1.807, 2.05) is 36.4 Å². The molecular weight excluding hydrogens is 587 g/mol. The lowest BCUT2D eigenvalue weighted by Gasteiger charge is -2.11. The maximum absolute atomic E-state index is 6.93. The van der Waals surface area contributed by atoms with Crippen LogP contribution in [0.4, 0.5) is 0 Å². The van der Waals surface area contributed by atoms with Gasteiger partial charge in [-0.1, -0.05) is 133 Å². The second-order valence-electron chi connectivity index (χ2n) is 12.2. The Morgan fingerprint density at radius 1 is 0.438 bits per heavy atom. The number of hydrogen-bond donors (Lipinski definition) is 0. The predicted octanol–water partition coefficient (Wildman–Crippen LogP) is 11.6. The van der Waals surface area contributed by atoms with Crippen molar-refractivity contribution in [1.29, 1.82) is 0 Å². The molecule has 4 nitrogen and oxygen atoms in total. The lowest BCUT2D eigenvalue weighted by atomic mass is 9.98. The number of fused-ring (bicyclic) bond motifs is 8. The molecule has 0 fully saturated rings. The maximum atomic E-state index is 6.93. The summed E-state index contributed by atoms with van der Waals surface area (Å²) in [6, 6.07) is 57.0. The van der Waals surface area contributed by atoms with Gasteiger partial charge in [-0.05, 0) is 41.1 Å². The minimum Gasteiger partial charge on any atom is -0.454 e. The molecule has 10 rings (SSSR count). The third-order valence-electron chi connectivity index (χ3n) is 9.41. The van der Waals surface area contributed by atoms with Crippen LogP contribution in [0.3, 0.4) is 0 Å². The number of rotatable bonds is 4. The Bertz CT molecular complexity index is 2720. The van der Waals surface area contributed by atoms with Gasteiger partial charge in [0.1, 0.15) is 5.58 Å². The van der Waals surface area contributed by atoms with E-state index < -0.39 is 0 Å². The van der Waals surface area contributed by atoms with Crippen molar-refractivity contribution in [1.82, 2.24) is 14.5 Å². The van der Waals surface area contributed by atoms with Gasteiger partial charge in [-0.2, -0.15) is 0 Å². The van der Waals surface area contributed by atoms with Crippen LogP contribution >= 0.6 is 0 Å². The summed E-state index contributed by atoms with van der Waals surface area (Å²) in [4.78, 5) is 10.4. The van der Waals surface area contributed by atoms with Crippen molar-refractivity contribution in [3.63, 3.8) is 0 Å². The van der Waals surface area contributed by atoms with E-state index in [1.54, 1.807) is 0 Å². The van der Waals surface area contributed by atoms with E-state index in [1.165, 1.54) is 10.8 Å². The number of nitrogens with zero attached hydrogens (tertiary/aromatic N) is 3. The summed E-state index contributed by atoms with van der Waals surface area (Å²) in [7, 11) is 0. The third kappa shape index (κ3) is 4.03. The van der Waals surface area contributed by atoms with Crippen LogP contribution in [0.25, 0.3) is 94.1 Å². The van der Waals surface area contributed by atoms with Crippen LogP contribution in [-0.2, 0) is 0 Å². The van der Waals surface area contributed by atoms with Crippen LogP contribution in [0.1, 0.15) is 0 Å². The summed E-state index contributed by atoms with van der Waals surface area (Å²) in [5.41, 5.74) is 9.75. The van der Waals surface area contributed by atoms with E-state index in [-0.39, 0.29) is 0 Å². The van der Waals surface area contributed by atoms with Crippen molar-refractivity contribution < 1.29 is 4.42 Å². The monoisotopic (exact) mass is 613 g/mol. The van der Waals surface area contributed by atoms with Crippen LogP contribution < -0.4 is 0 Å². The van der Waals surface area contributed by atoms with Crippen LogP contribution in [0.5, 0.6) is 0 Å². The van der Waals surface area contributed by atoms with Gasteiger partial charge >= 0.3 is 0 Å². The average molecular weight is 614 g/mol. The highest BCUT2D eigenvalue weighted by atomic mass is 16.3. The summed E-state index contributed by atoms with van der Waals surface area (Å²) in [5.74, 6) is 0.663. The normalized spacial score (nSPS) is 11.8. The second kappa shape index (κ2) is 10.5. The van der Waals surface area contributed by atoms with Gasteiger partial charge < -0.3 is 8.98 Å². The molecule has 0 bridgehead atoms. The molecule has 48 heavy (non-hydrogen) atoms. The predicted molar refractivity (Wildman–Crippen MR) is 197 cm³/mol. The van der Waals surface area contributed by atoms with Crippen LogP contribution in [0.2, 0.25) is 0 Å². The van der Waals surface area contributed by atoms with Crippen LogP contribution in [0.15, 0.2) is 168 Å². The first kappa shape index (κ1) is 26.7. The molecule has 0 amide bonds. The fourth-order valence-corrected chi connectivity index (χ4v) is 7.27. The second-order valence-corrected chi connectivity index (χ2v) is 12.2. The van der Waals surface area contributed by atoms with Crippen molar-refractivity contribution >= 4 is 54.5 Å². The molecule has 0 spiro atoms. The molecule has 3 heterocycles. The van der Waals surface area contributed by atoms with E-state index in [4.69, 9.17) is 14.4 Å². The van der Waals surface area contributed by atoms with Crippen molar-refractivity contribution in [2.75, 3.05) is 0 Å². The Balaban J connectivity index is 1.27. The number of para-hydroxylation sites is 3. The molecule has 0 aliphatic carbocycles. The Morgan fingerprint density at radius 2 is 0.958 bits per heavy atom. The highest BCUT2D eigenvalue weighted by molar-refractivity contribution is 6.23. The zero-order valence-corrected chi connectivity index (χ0v) is 25.8. The van der Waals surface area contributed by atoms with Gasteiger partial charge in [-0.3, -0.25) is 0 Å². The molecule has 0 N–H and O–H groups in total. The van der Waals surface area contributed by atoms with Gasteiger partial charge in [0.2, 0.25) is 0 Å². The highest BCUT2D eigenvalue weighted by Gasteiger charge is 2.21. The summed E-state index contributed by atoms with van der Waals surface area (Å²) in [6.45, 7) is 0. The van der Waals surface area contributed by atoms with Gasteiger partial charge in [0, 0.05) is 38.2 Å². The summed E-state index contributed by atoms with van der Waals surface area (Å²) in [6.07, 6.45) is 0. The fourth-order valence-electron chi connectivity index (χ4n) is 7.27. The van der Waals surface area contributed by atoms with Gasteiger partial charge in [0.25, 0.3) is 0 Å². The van der Waals surface area contributed by atoms with Crippen LogP contribution in [0, 0.1) is 0 Å². The molecule has 0 saturated carbocycles. The van der Waals surface area contributed by atoms with Crippen molar-refractivity contribution in [3.05, 3.63) is 164 Å². The molecule has 0 radical (unpaired) electrons. The Kier molecular flexibility index (Phi) is 5.84. The number of aromatic nitrogens is 3. The third-order valence-corrected chi connectivity index (χ3v) is 9.41. The van der Waals surface area contributed by atoms with E-state index in [2.05, 4.69) is 132 Å². The first-order valence-corrected chi connectivity index (χ1v) is 16.2. The largest absolute Gasteiger partial charge is 0.454 e. The first-order chi connectivity index (χ1) is 23.8. The summed E-state index contributed by atoms with van der Waals surface area (Å²) in [5, 5.41) is 6.81. The van der Waals surface area contributed by atoms with Gasteiger partial charge in [-0.25, -0.2) is 9.97 Å². The fraction of sp³-hybridized carbons (Fsp3) is 0. The Labute approximate surface area is 276 Å². The molecule has 0 atom stereocenters. The zero-order chi connectivity index (χ0) is 31.6. The summed E-state index contributed by atoms with van der Waals surface area (Å²) >= 11 is 0. The molecule has 0 aliphatic heterocycles. The molecule has 4 heteroatoms. The minimum atomic E-state index is 0.663. The van der Waals surface area contributed by atoms with E-state index in [0.717, 1.165) is 77.5 Å². The van der Waals surface area contributed by atoms with Crippen molar-refractivity contribution in [2.24, 2.45) is 0 Å². The van der Waals surface area contributed by atoms with Gasteiger partial charge in [0.05, 0.1) is 28.1 Å². The Morgan fingerprint density at radius 3 is 1.58 bits per heavy atom. The average Bonchev–Trinajstić information content (AvgIpc) is 3.71. The molecular formula is C44H27N3O. The topological polar surface area (TPSA) is 43.9 Å². The number of hydrogen-bond acceptors (Lipinski definition) is 3. The van der Waals surface area contributed by atoms with E-state index in [9.17, 15) is 0 Å². The molecule has 10 aromatic rings. The van der Waals surface area contributed by atoms with Gasteiger partial charge in [-0.15, -0.1) is 0 Å². The van der Waals surface area contributed by atoms with Crippen molar-refractivity contribution in [3.8, 4) is 39.6 Å². The highest BCUT2D eigenvalue weighted by Crippen LogP contribution is 2.43. The number of furan rings is 1. The molecule has 0 aliphatic rings. The summed E-state index contributed by atoms with van der Waals surface area (Å²) < 4.78 is 9.26. The molecule has 0 saturated heterocycles. The zero-order valence-electron chi connectivity index (χ0n) is 25.8. The molecule has 3 aromatic heterocycles. The minimum absolute atomic E-state index is 0.663. The van der Waals surface area contributed by atoms with Crippen LogP contribution in [-0.4, -0.2) is 14.5 Å². The lowest BCUT2D eigenvalue weighted by molar-refractivity contribution is 0.666. The molecule has 224 valence electrons. The SMILES string of the molecule is c1ccc(-c2cc(-c3ccccc3)nc(-c3cc4oc5c(-n6c7ccccc7c7ccccc76)cccc5c4c4ccccc34)n2)cc1.